The zero-order valence-corrected chi connectivity index (χ0v) is 22.8. The van der Waals surface area contributed by atoms with Gasteiger partial charge in [-0.15, -0.1) is 0 Å². The smallest absolute Gasteiger partial charge is 0.303 e. The number of carboxylic acid groups (broad SMARTS) is 1. The number of imide groups is 1. The van der Waals surface area contributed by atoms with Crippen LogP contribution in [0.15, 0.2) is 53.7 Å². The fraction of sp³-hybridized carbons (Fsp3) is 0.375. The topological polar surface area (TPSA) is 171 Å². The van der Waals surface area contributed by atoms with Gasteiger partial charge in [0.1, 0.15) is 5.03 Å². The Morgan fingerprint density at radius 3 is 2.45 bits per heavy atom. The molecular weight excluding hydrogens is 554 g/mol. The summed E-state index contributed by atoms with van der Waals surface area (Å²) in [5.74, 6) is -3.46. The van der Waals surface area contributed by atoms with Crippen LogP contribution in [0.4, 0.5) is 0 Å². The Morgan fingerprint density at radius 2 is 1.87 bits per heavy atom. The van der Waals surface area contributed by atoms with Crippen molar-refractivity contribution in [3.05, 3.63) is 59.8 Å². The Hall–Kier alpha value is -2.94. The van der Waals surface area contributed by atoms with Crippen LogP contribution in [-0.2, 0) is 24.5 Å². The van der Waals surface area contributed by atoms with E-state index >= 15 is 0 Å². The third-order valence-corrected chi connectivity index (χ3v) is 9.70. The first kappa shape index (κ1) is 29.6. The lowest BCUT2D eigenvalue weighted by Gasteiger charge is -2.26. The van der Waals surface area contributed by atoms with Gasteiger partial charge in [0.15, 0.2) is 5.25 Å². The number of hydrogen-bond donors (Lipinski definition) is 3. The molecule has 14 heteroatoms. The first-order chi connectivity index (χ1) is 18.0. The summed E-state index contributed by atoms with van der Waals surface area (Å²) < 4.78 is 32.2. The molecule has 1 aromatic carbocycles. The van der Waals surface area contributed by atoms with Gasteiger partial charge in [-0.1, -0.05) is 29.0 Å². The minimum atomic E-state index is -4.78. The van der Waals surface area contributed by atoms with E-state index < -0.39 is 51.5 Å². The van der Waals surface area contributed by atoms with Crippen LogP contribution >= 0.6 is 21.6 Å². The second-order valence-electron chi connectivity index (χ2n) is 8.55. The molecule has 1 saturated heterocycles. The van der Waals surface area contributed by atoms with E-state index in [0.717, 1.165) is 10.6 Å². The molecule has 2 heterocycles. The molecule has 3 rings (SSSR count). The molecule has 1 aromatic heterocycles. The molecule has 0 aliphatic carbocycles. The van der Waals surface area contributed by atoms with Crippen molar-refractivity contribution in [2.45, 2.75) is 54.2 Å². The number of amides is 3. The number of carboxylic acids is 1. The molecule has 0 spiro atoms. The van der Waals surface area contributed by atoms with Gasteiger partial charge < -0.3 is 10.4 Å². The summed E-state index contributed by atoms with van der Waals surface area (Å²) in [5.41, 5.74) is 1.41. The Balaban J connectivity index is 1.57. The van der Waals surface area contributed by atoms with Crippen LogP contribution in [0.25, 0.3) is 0 Å². The van der Waals surface area contributed by atoms with Gasteiger partial charge in [-0.25, -0.2) is 4.98 Å². The number of aliphatic carboxylic acids is 1. The van der Waals surface area contributed by atoms with Gasteiger partial charge in [0.2, 0.25) is 5.91 Å². The number of carbonyl (C=O) groups excluding carboxylic acids is 3. The fourth-order valence-corrected chi connectivity index (χ4v) is 6.69. The maximum atomic E-state index is 12.6. The Morgan fingerprint density at radius 1 is 1.16 bits per heavy atom. The minimum Gasteiger partial charge on any atom is -0.481 e. The molecule has 0 radical (unpaired) electrons. The number of aromatic nitrogens is 1. The zero-order valence-electron chi connectivity index (χ0n) is 20.3. The van der Waals surface area contributed by atoms with E-state index in [9.17, 15) is 32.1 Å². The number of hydrogen-bond acceptors (Lipinski definition) is 9. The van der Waals surface area contributed by atoms with Gasteiger partial charge in [-0.2, -0.15) is 8.42 Å². The molecule has 11 nitrogen and oxygen atoms in total. The third kappa shape index (κ3) is 8.03. The van der Waals surface area contributed by atoms with Gasteiger partial charge in [-0.05, 0) is 60.4 Å². The SMILES string of the molecule is CC(SSc1ccccn1)c1ccc(C(=O)NCCC(CCC(=O)O)N2C(=O)CC(S(=O)(=O)O)C2=O)cc1. The summed E-state index contributed by atoms with van der Waals surface area (Å²) in [6, 6.07) is 11.8. The summed E-state index contributed by atoms with van der Waals surface area (Å²) in [6.07, 6.45) is 0.540. The quantitative estimate of drug-likeness (QED) is 0.180. The zero-order chi connectivity index (χ0) is 27.9. The lowest BCUT2D eigenvalue weighted by atomic mass is 10.1. The molecule has 3 atom stereocenters. The van der Waals surface area contributed by atoms with Crippen LogP contribution in [-0.4, -0.2) is 69.5 Å². The molecule has 0 bridgehead atoms. The Bertz CT molecular complexity index is 1270. The average molecular weight is 582 g/mol. The molecule has 2 aromatic rings. The number of pyridine rings is 1. The number of carbonyl (C=O) groups is 4. The molecule has 0 saturated carbocycles. The highest BCUT2D eigenvalue weighted by atomic mass is 33.1. The van der Waals surface area contributed by atoms with Gasteiger partial charge >= 0.3 is 5.97 Å². The van der Waals surface area contributed by atoms with Crippen LogP contribution in [0.2, 0.25) is 0 Å². The van der Waals surface area contributed by atoms with E-state index in [1.165, 1.54) is 0 Å². The summed E-state index contributed by atoms with van der Waals surface area (Å²) in [4.78, 5) is 53.5. The lowest BCUT2D eigenvalue weighted by molar-refractivity contribution is -0.143. The number of benzene rings is 1. The van der Waals surface area contributed by atoms with E-state index in [-0.39, 0.29) is 31.1 Å². The van der Waals surface area contributed by atoms with E-state index in [2.05, 4.69) is 10.3 Å². The molecule has 1 aliphatic heterocycles. The van der Waals surface area contributed by atoms with Crippen molar-refractivity contribution in [3.63, 3.8) is 0 Å². The largest absolute Gasteiger partial charge is 0.481 e. The number of nitrogens with zero attached hydrogens (tertiary/aromatic N) is 2. The van der Waals surface area contributed by atoms with Crippen molar-refractivity contribution < 1.29 is 37.3 Å². The van der Waals surface area contributed by atoms with Crippen molar-refractivity contribution >= 4 is 55.4 Å². The molecule has 1 aliphatic rings. The van der Waals surface area contributed by atoms with Crippen molar-refractivity contribution in [1.29, 1.82) is 0 Å². The normalized spacial score (nSPS) is 17.3. The first-order valence-electron chi connectivity index (χ1n) is 11.6. The van der Waals surface area contributed by atoms with E-state index in [1.54, 1.807) is 39.9 Å². The van der Waals surface area contributed by atoms with Gasteiger partial charge in [-0.3, -0.25) is 28.6 Å². The maximum absolute atomic E-state index is 12.6. The Kier molecular flexibility index (Phi) is 10.3. The monoisotopic (exact) mass is 581 g/mol. The van der Waals surface area contributed by atoms with Gasteiger partial charge in [0.05, 0.1) is 6.42 Å². The third-order valence-electron chi connectivity index (χ3n) is 5.88. The Labute approximate surface area is 227 Å². The van der Waals surface area contributed by atoms with Crippen molar-refractivity contribution in [2.75, 3.05) is 6.54 Å². The summed E-state index contributed by atoms with van der Waals surface area (Å²) in [6.45, 7) is 2.05. The predicted octanol–water partition coefficient (Wildman–Crippen LogP) is 2.95. The van der Waals surface area contributed by atoms with Crippen molar-refractivity contribution in [1.82, 2.24) is 15.2 Å². The lowest BCUT2D eigenvalue weighted by Crippen LogP contribution is -2.44. The predicted molar refractivity (Wildman–Crippen MR) is 142 cm³/mol. The highest BCUT2D eigenvalue weighted by Crippen LogP contribution is 2.41. The van der Waals surface area contributed by atoms with Crippen LogP contribution in [0.3, 0.4) is 0 Å². The minimum absolute atomic E-state index is 0.00540. The van der Waals surface area contributed by atoms with Crippen molar-refractivity contribution in [3.8, 4) is 0 Å². The molecule has 3 N–H and O–H groups in total. The highest BCUT2D eigenvalue weighted by Gasteiger charge is 2.48. The summed E-state index contributed by atoms with van der Waals surface area (Å²) >= 11 is 0. The summed E-state index contributed by atoms with van der Waals surface area (Å²) in [7, 11) is -1.60. The molecule has 38 heavy (non-hydrogen) atoms. The van der Waals surface area contributed by atoms with Crippen LogP contribution in [0.5, 0.6) is 0 Å². The molecular formula is C24H27N3O8S3. The number of likely N-dealkylation sites (tertiary alicyclic amines) is 1. The van der Waals surface area contributed by atoms with Gasteiger partial charge in [0.25, 0.3) is 21.9 Å². The van der Waals surface area contributed by atoms with Crippen molar-refractivity contribution in [2.24, 2.45) is 0 Å². The van der Waals surface area contributed by atoms with E-state index in [1.807, 2.05) is 37.3 Å². The second kappa shape index (κ2) is 13.2. The average Bonchev–Trinajstić information content (AvgIpc) is 3.19. The molecule has 1 fully saturated rings. The standard InChI is InChI=1S/C24H27N3O8S3/c1-15(36-37-20-4-2-3-12-25-20)16-5-7-17(8-6-16)23(31)26-13-11-18(9-10-22(29)30)27-21(28)14-19(24(27)32)38(33,34)35/h2-8,12,15,18-19H,9-11,13-14H2,1H3,(H,26,31)(H,29,30)(H,33,34,35). The van der Waals surface area contributed by atoms with Crippen LogP contribution in [0, 0.1) is 0 Å². The first-order valence-corrected chi connectivity index (χ1v) is 15.4. The summed E-state index contributed by atoms with van der Waals surface area (Å²) in [5, 5.41) is 10.8. The molecule has 3 unspecified atom stereocenters. The van der Waals surface area contributed by atoms with E-state index in [4.69, 9.17) is 5.11 Å². The number of nitrogens with one attached hydrogen (secondary N) is 1. The van der Waals surface area contributed by atoms with Crippen LogP contribution < -0.4 is 5.32 Å². The maximum Gasteiger partial charge on any atom is 0.303 e. The number of rotatable bonds is 13. The van der Waals surface area contributed by atoms with E-state index in [0.29, 0.717) is 10.5 Å². The highest BCUT2D eigenvalue weighted by molar-refractivity contribution is 8.76. The molecule has 204 valence electrons. The second-order valence-corrected chi connectivity index (χ2v) is 12.7. The van der Waals surface area contributed by atoms with Crippen LogP contribution in [0.1, 0.15) is 53.8 Å². The molecule has 3 amide bonds. The fourth-order valence-electron chi connectivity index (χ4n) is 3.86. The van der Waals surface area contributed by atoms with Gasteiger partial charge in [0, 0.05) is 36.0 Å².